The van der Waals surface area contributed by atoms with Crippen LogP contribution >= 0.6 is 0 Å². The van der Waals surface area contributed by atoms with Gasteiger partial charge in [0.25, 0.3) is 0 Å². The second-order valence-corrected chi connectivity index (χ2v) is 7.09. The van der Waals surface area contributed by atoms with Gasteiger partial charge in [-0.15, -0.1) is 0 Å². The van der Waals surface area contributed by atoms with E-state index in [1.165, 1.54) is 0 Å². The number of aliphatic hydroxyl groups is 1. The highest BCUT2D eigenvalue weighted by atomic mass is 16.3. The van der Waals surface area contributed by atoms with Crippen LogP contribution in [-0.2, 0) is 4.79 Å². The van der Waals surface area contributed by atoms with Gasteiger partial charge in [0.2, 0.25) is 5.91 Å². The summed E-state index contributed by atoms with van der Waals surface area (Å²) in [4.78, 5) is 17.1. The number of carbonyl (C=O) groups excluding carboxylic acids is 1. The molecule has 1 aliphatic rings. The molecule has 1 fully saturated rings. The van der Waals surface area contributed by atoms with Crippen molar-refractivity contribution in [2.24, 2.45) is 0 Å². The van der Waals surface area contributed by atoms with E-state index in [1.807, 2.05) is 42.3 Å². The highest BCUT2D eigenvalue weighted by molar-refractivity contribution is 5.79. The van der Waals surface area contributed by atoms with Crippen molar-refractivity contribution < 1.29 is 9.90 Å². The molecule has 0 saturated carbocycles. The number of amides is 1. The third-order valence-electron chi connectivity index (χ3n) is 4.99. The van der Waals surface area contributed by atoms with Gasteiger partial charge in [0.1, 0.15) is 0 Å². The number of aliphatic hydroxyl groups excluding tert-OH is 1. The van der Waals surface area contributed by atoms with E-state index in [-0.39, 0.29) is 18.1 Å². The highest BCUT2D eigenvalue weighted by Crippen LogP contribution is 2.24. The number of rotatable bonds is 9. The van der Waals surface area contributed by atoms with Crippen LogP contribution in [0.3, 0.4) is 0 Å². The van der Waals surface area contributed by atoms with Crippen LogP contribution in [0.4, 0.5) is 0 Å². The zero-order valence-corrected chi connectivity index (χ0v) is 16.6. The number of β-amino-alcohol motifs (C(OH)–C–C–N with tert-alkyl or cyclic N) is 1. The van der Waals surface area contributed by atoms with Crippen LogP contribution in [-0.4, -0.2) is 53.6 Å². The van der Waals surface area contributed by atoms with Crippen molar-refractivity contribution in [2.75, 3.05) is 26.7 Å². The molecule has 1 aromatic rings. The van der Waals surface area contributed by atoms with Gasteiger partial charge in [-0.1, -0.05) is 68.1 Å². The largest absolute Gasteiger partial charge is 0.392 e. The number of hydrogen-bond donors (Lipinski definition) is 1. The summed E-state index contributed by atoms with van der Waals surface area (Å²) in [6.45, 7) is 8.05. The van der Waals surface area contributed by atoms with Crippen LogP contribution in [0.1, 0.15) is 37.8 Å². The van der Waals surface area contributed by atoms with Crippen molar-refractivity contribution in [1.29, 1.82) is 0 Å². The molecule has 1 saturated heterocycles. The summed E-state index contributed by atoms with van der Waals surface area (Å²) in [5, 5.41) is 9.85. The minimum Gasteiger partial charge on any atom is -0.392 e. The molecule has 0 unspecified atom stereocenters. The summed E-state index contributed by atoms with van der Waals surface area (Å²) >= 11 is 0. The van der Waals surface area contributed by atoms with E-state index >= 15 is 0 Å². The molecular weight excluding hydrogens is 336 g/mol. The lowest BCUT2D eigenvalue weighted by Gasteiger charge is -2.32. The maximum Gasteiger partial charge on any atom is 0.227 e. The number of allylic oxidation sites excluding steroid dienone is 4. The van der Waals surface area contributed by atoms with Gasteiger partial charge in [0, 0.05) is 26.7 Å². The van der Waals surface area contributed by atoms with Gasteiger partial charge in [0.15, 0.2) is 0 Å². The van der Waals surface area contributed by atoms with Crippen LogP contribution in [0.15, 0.2) is 66.8 Å². The van der Waals surface area contributed by atoms with Crippen LogP contribution in [0.2, 0.25) is 0 Å². The van der Waals surface area contributed by atoms with Crippen molar-refractivity contribution >= 4 is 5.91 Å². The van der Waals surface area contributed by atoms with Gasteiger partial charge < -0.3 is 10.0 Å². The summed E-state index contributed by atoms with van der Waals surface area (Å²) in [6.07, 6.45) is 9.44. The molecule has 4 heteroatoms. The molecule has 146 valence electrons. The number of hydrogen-bond acceptors (Lipinski definition) is 3. The first-order valence-electron chi connectivity index (χ1n) is 9.74. The summed E-state index contributed by atoms with van der Waals surface area (Å²) in [6, 6.07) is 10.1. The number of likely N-dealkylation sites (tertiary alicyclic amines) is 1. The maximum atomic E-state index is 13.0. The Morgan fingerprint density at radius 1 is 1.41 bits per heavy atom. The molecular formula is C23H32N2O2. The average Bonchev–Trinajstić information content (AvgIpc) is 3.09. The Hall–Kier alpha value is -2.17. The zero-order valence-electron chi connectivity index (χ0n) is 16.6. The van der Waals surface area contributed by atoms with Crippen molar-refractivity contribution in [3.05, 3.63) is 72.4 Å². The second kappa shape index (κ2) is 10.9. The molecule has 27 heavy (non-hydrogen) atoms. The van der Waals surface area contributed by atoms with Gasteiger partial charge >= 0.3 is 0 Å². The molecule has 0 bridgehead atoms. The predicted octanol–water partition coefficient (Wildman–Crippen LogP) is 3.72. The highest BCUT2D eigenvalue weighted by Gasteiger charge is 2.28. The zero-order chi connectivity index (χ0) is 19.6. The monoisotopic (exact) mass is 368 g/mol. The summed E-state index contributed by atoms with van der Waals surface area (Å²) in [5.74, 6) is 0.0945. The van der Waals surface area contributed by atoms with Crippen molar-refractivity contribution in [3.63, 3.8) is 0 Å². The van der Waals surface area contributed by atoms with E-state index in [0.717, 1.165) is 37.1 Å². The third-order valence-corrected chi connectivity index (χ3v) is 4.99. The van der Waals surface area contributed by atoms with E-state index in [4.69, 9.17) is 0 Å². The summed E-state index contributed by atoms with van der Waals surface area (Å²) in [7, 11) is 1.88. The standard InChI is InChI=1S/C23H32N2O2/c1-4-6-11-19(10-5-2)16-23(27)24(3)22(20-12-8-7-9-13-20)18-25-15-14-21(26)17-25/h4,6-13,21-22,26H,1,5,14-18H2,2-3H3/b11-6-,19-10+/t21-,22+/m0/s1. The number of nitrogens with zero attached hydrogens (tertiary/aromatic N) is 2. The molecule has 0 radical (unpaired) electrons. The molecule has 1 amide bonds. The minimum absolute atomic E-state index is 0.0322. The lowest BCUT2D eigenvalue weighted by Crippen LogP contribution is -2.39. The molecule has 1 N–H and O–H groups in total. The molecule has 1 aromatic carbocycles. The molecule has 0 aliphatic carbocycles. The van der Waals surface area contributed by atoms with Crippen LogP contribution in [0, 0.1) is 0 Å². The molecule has 0 aromatic heterocycles. The van der Waals surface area contributed by atoms with Crippen LogP contribution < -0.4 is 0 Å². The SMILES string of the molecule is C=C/C=C\C(=C/CC)CC(=O)N(C)[C@H](CN1CC[C@H](O)C1)c1ccccc1. The van der Waals surface area contributed by atoms with Crippen molar-refractivity contribution in [1.82, 2.24) is 9.80 Å². The molecule has 1 aliphatic heterocycles. The van der Waals surface area contributed by atoms with Gasteiger partial charge in [-0.25, -0.2) is 0 Å². The van der Waals surface area contributed by atoms with Crippen LogP contribution in [0.25, 0.3) is 0 Å². The molecule has 1 heterocycles. The Morgan fingerprint density at radius 3 is 2.74 bits per heavy atom. The third kappa shape index (κ3) is 6.49. The Balaban J connectivity index is 2.15. The van der Waals surface area contributed by atoms with E-state index in [9.17, 15) is 9.90 Å². The average molecular weight is 369 g/mol. The van der Waals surface area contributed by atoms with Gasteiger partial charge in [-0.3, -0.25) is 9.69 Å². The number of likely N-dealkylation sites (N-methyl/N-ethyl adjacent to an activating group) is 1. The lowest BCUT2D eigenvalue weighted by molar-refractivity contribution is -0.131. The Bertz CT molecular complexity index is 666. The fraction of sp³-hybridized carbons (Fsp3) is 0.435. The lowest BCUT2D eigenvalue weighted by atomic mass is 10.0. The smallest absolute Gasteiger partial charge is 0.227 e. The van der Waals surface area contributed by atoms with E-state index in [1.54, 1.807) is 6.08 Å². The first-order valence-corrected chi connectivity index (χ1v) is 9.74. The quantitative estimate of drug-likeness (QED) is 0.676. The normalized spacial score (nSPS) is 19.4. The maximum absolute atomic E-state index is 13.0. The summed E-state index contributed by atoms with van der Waals surface area (Å²) in [5.41, 5.74) is 2.13. The van der Waals surface area contributed by atoms with Crippen LogP contribution in [0.5, 0.6) is 0 Å². The van der Waals surface area contributed by atoms with Gasteiger partial charge in [0.05, 0.1) is 18.6 Å². The molecule has 2 rings (SSSR count). The van der Waals surface area contributed by atoms with Gasteiger partial charge in [-0.05, 0) is 24.0 Å². The van der Waals surface area contributed by atoms with Crippen molar-refractivity contribution in [3.8, 4) is 0 Å². The predicted molar refractivity (Wildman–Crippen MR) is 111 cm³/mol. The fourth-order valence-corrected chi connectivity index (χ4v) is 3.48. The minimum atomic E-state index is -0.259. The Kier molecular flexibility index (Phi) is 8.49. The first kappa shape index (κ1) is 21.1. The topological polar surface area (TPSA) is 43.8 Å². The first-order chi connectivity index (χ1) is 13.0. The summed E-state index contributed by atoms with van der Waals surface area (Å²) < 4.78 is 0. The number of benzene rings is 1. The second-order valence-electron chi connectivity index (χ2n) is 7.09. The van der Waals surface area contributed by atoms with E-state index in [2.05, 4.69) is 36.6 Å². The number of carbonyl (C=O) groups is 1. The van der Waals surface area contributed by atoms with Gasteiger partial charge in [-0.2, -0.15) is 0 Å². The van der Waals surface area contributed by atoms with E-state index < -0.39 is 0 Å². The van der Waals surface area contributed by atoms with Crippen molar-refractivity contribution in [2.45, 2.75) is 38.3 Å². The Labute approximate surface area is 163 Å². The molecule has 4 nitrogen and oxygen atoms in total. The fourth-order valence-electron chi connectivity index (χ4n) is 3.48. The molecule has 0 spiro atoms. The Morgan fingerprint density at radius 2 is 2.15 bits per heavy atom. The molecule has 2 atom stereocenters. The van der Waals surface area contributed by atoms with E-state index in [0.29, 0.717) is 13.0 Å².